The predicted octanol–water partition coefficient (Wildman–Crippen LogP) is 7.02. The lowest BCUT2D eigenvalue weighted by atomic mass is 9.98. The van der Waals surface area contributed by atoms with Crippen LogP contribution >= 0.6 is 0 Å². The largest absolute Gasteiger partial charge is 0.474 e. The third-order valence-corrected chi connectivity index (χ3v) is 5.99. The van der Waals surface area contributed by atoms with Crippen molar-refractivity contribution in [1.29, 1.82) is 0 Å². The molecule has 36 heavy (non-hydrogen) atoms. The summed E-state index contributed by atoms with van der Waals surface area (Å²) in [5.74, 6) is 3.32. The average molecular weight is 502 g/mol. The fraction of sp³-hybridized carbons (Fsp3) is 0.448. The maximum atomic E-state index is 12.8. The van der Waals surface area contributed by atoms with Crippen LogP contribution < -0.4 is 0 Å². The molecule has 1 unspecified atom stereocenters. The number of carbonyl (C=O) groups excluding carboxylic acids is 1. The van der Waals surface area contributed by atoms with E-state index >= 15 is 0 Å². The molecule has 2 aromatic rings. The number of nitrogens with zero attached hydrogens (tertiary/aromatic N) is 1. The van der Waals surface area contributed by atoms with Crippen molar-refractivity contribution in [2.75, 3.05) is 6.54 Å². The number of unbranched alkanes of at least 4 members (excludes halogenated alkanes) is 6. The van der Waals surface area contributed by atoms with Crippen molar-refractivity contribution >= 4 is 11.9 Å². The van der Waals surface area contributed by atoms with Gasteiger partial charge in [-0.1, -0.05) is 82.1 Å². The maximum Gasteiger partial charge on any atom is 0.416 e. The summed E-state index contributed by atoms with van der Waals surface area (Å²) in [4.78, 5) is 24.9. The number of carboxylic acids is 1. The molecular weight excluding hydrogens is 467 g/mol. The monoisotopic (exact) mass is 501 g/mol. The standard InChI is InChI=1S/C29H34F3NO3/c1-3-4-5-6-7-8-9-10-11-23-12-14-24(15-13-23)21-33(27(34)28(35)36)20-22(2)25-16-18-26(19-17-25)29(30,31)32/h12-19,22H,3-9,20-21H2,1-2H3,(H,35,36). The number of amides is 1. The molecule has 0 bridgehead atoms. The predicted molar refractivity (Wildman–Crippen MR) is 134 cm³/mol. The zero-order valence-electron chi connectivity index (χ0n) is 20.9. The van der Waals surface area contributed by atoms with Crippen LogP contribution in [0, 0.1) is 11.8 Å². The van der Waals surface area contributed by atoms with E-state index in [1.807, 2.05) is 12.1 Å². The Morgan fingerprint density at radius 2 is 1.56 bits per heavy atom. The molecule has 4 nitrogen and oxygen atoms in total. The van der Waals surface area contributed by atoms with Crippen molar-refractivity contribution in [1.82, 2.24) is 4.90 Å². The van der Waals surface area contributed by atoms with Crippen LogP contribution in [0.5, 0.6) is 0 Å². The van der Waals surface area contributed by atoms with Crippen molar-refractivity contribution in [3.8, 4) is 11.8 Å². The minimum Gasteiger partial charge on any atom is -0.474 e. The molecule has 0 aliphatic heterocycles. The Morgan fingerprint density at radius 3 is 2.14 bits per heavy atom. The second kappa shape index (κ2) is 14.3. The van der Waals surface area contributed by atoms with Gasteiger partial charge in [0.25, 0.3) is 0 Å². The van der Waals surface area contributed by atoms with Crippen molar-refractivity contribution in [3.05, 3.63) is 70.8 Å². The lowest BCUT2D eigenvalue weighted by Crippen LogP contribution is -2.38. The number of benzene rings is 2. The normalized spacial score (nSPS) is 11.9. The molecule has 0 saturated heterocycles. The summed E-state index contributed by atoms with van der Waals surface area (Å²) in [5, 5.41) is 9.25. The fourth-order valence-corrected chi connectivity index (χ4v) is 3.86. The summed E-state index contributed by atoms with van der Waals surface area (Å²) in [7, 11) is 0. The van der Waals surface area contributed by atoms with E-state index in [9.17, 15) is 27.9 Å². The van der Waals surface area contributed by atoms with Gasteiger partial charge in [-0.3, -0.25) is 4.79 Å². The Hall–Kier alpha value is -3.27. The first-order valence-corrected chi connectivity index (χ1v) is 12.4. The van der Waals surface area contributed by atoms with Crippen LogP contribution in [-0.2, 0) is 22.3 Å². The summed E-state index contributed by atoms with van der Waals surface area (Å²) < 4.78 is 38.5. The molecule has 2 aromatic carbocycles. The molecular formula is C29H34F3NO3. The topological polar surface area (TPSA) is 57.6 Å². The van der Waals surface area contributed by atoms with Gasteiger partial charge < -0.3 is 10.0 Å². The lowest BCUT2D eigenvalue weighted by molar-refractivity contribution is -0.156. The van der Waals surface area contributed by atoms with Gasteiger partial charge in [0.15, 0.2) is 0 Å². The molecule has 7 heteroatoms. The van der Waals surface area contributed by atoms with Crippen molar-refractivity contribution in [2.45, 2.75) is 77.4 Å². The van der Waals surface area contributed by atoms with Crippen molar-refractivity contribution < 1.29 is 27.9 Å². The number of alkyl halides is 3. The zero-order chi connectivity index (χ0) is 26.6. The minimum atomic E-state index is -4.43. The molecule has 0 aliphatic carbocycles. The average Bonchev–Trinajstić information content (AvgIpc) is 2.85. The van der Waals surface area contributed by atoms with Gasteiger partial charge in [-0.25, -0.2) is 4.79 Å². The minimum absolute atomic E-state index is 0.0519. The van der Waals surface area contributed by atoms with Gasteiger partial charge >= 0.3 is 18.1 Å². The fourth-order valence-electron chi connectivity index (χ4n) is 3.86. The Bertz CT molecular complexity index is 1030. The summed E-state index contributed by atoms with van der Waals surface area (Å²) in [6.45, 7) is 4.06. The van der Waals surface area contributed by atoms with Crippen LogP contribution in [-0.4, -0.2) is 28.4 Å². The van der Waals surface area contributed by atoms with E-state index in [0.29, 0.717) is 5.56 Å². The summed E-state index contributed by atoms with van der Waals surface area (Å²) >= 11 is 0. The van der Waals surface area contributed by atoms with Gasteiger partial charge in [0, 0.05) is 25.1 Å². The smallest absolute Gasteiger partial charge is 0.416 e. The first-order chi connectivity index (χ1) is 17.1. The number of carboxylic acid groups (broad SMARTS) is 1. The third kappa shape index (κ3) is 9.77. The molecule has 1 N–H and O–H groups in total. The first kappa shape index (κ1) is 29.0. The van der Waals surface area contributed by atoms with Crippen LogP contribution in [0.2, 0.25) is 0 Å². The molecule has 1 atom stereocenters. The van der Waals surface area contributed by atoms with Crippen LogP contribution in [0.15, 0.2) is 48.5 Å². The van der Waals surface area contributed by atoms with Gasteiger partial charge in [-0.15, -0.1) is 0 Å². The van der Waals surface area contributed by atoms with Crippen LogP contribution in [0.4, 0.5) is 13.2 Å². The van der Waals surface area contributed by atoms with E-state index in [0.717, 1.165) is 36.1 Å². The van der Waals surface area contributed by atoms with Crippen molar-refractivity contribution in [3.63, 3.8) is 0 Å². The molecule has 2 rings (SSSR count). The number of carbonyl (C=O) groups is 2. The molecule has 194 valence electrons. The first-order valence-electron chi connectivity index (χ1n) is 12.4. The Morgan fingerprint density at radius 1 is 0.944 bits per heavy atom. The highest BCUT2D eigenvalue weighted by atomic mass is 19.4. The highest BCUT2D eigenvalue weighted by Crippen LogP contribution is 2.30. The summed E-state index contributed by atoms with van der Waals surface area (Å²) in [5.41, 5.74) is 1.42. The quantitative estimate of drug-likeness (QED) is 0.204. The molecule has 0 spiro atoms. The number of rotatable bonds is 11. The van der Waals surface area contributed by atoms with Crippen molar-refractivity contribution in [2.24, 2.45) is 0 Å². The van der Waals surface area contributed by atoms with Gasteiger partial charge in [0.1, 0.15) is 0 Å². The van der Waals surface area contributed by atoms with E-state index in [1.54, 1.807) is 19.1 Å². The number of hydrogen-bond donors (Lipinski definition) is 1. The Balaban J connectivity index is 1.98. The maximum absolute atomic E-state index is 12.8. The van der Waals surface area contributed by atoms with Gasteiger partial charge in [-0.05, 0) is 47.7 Å². The third-order valence-electron chi connectivity index (χ3n) is 5.99. The van der Waals surface area contributed by atoms with Crippen LogP contribution in [0.3, 0.4) is 0 Å². The SMILES string of the molecule is CCCCCCCCC#Cc1ccc(CN(CC(C)c2ccc(C(F)(F)F)cc2)C(=O)C(=O)O)cc1. The molecule has 0 aromatic heterocycles. The summed E-state index contributed by atoms with van der Waals surface area (Å²) in [6.07, 6.45) is 3.71. The number of halogens is 3. The Kier molecular flexibility index (Phi) is 11.5. The molecule has 0 aliphatic rings. The lowest BCUT2D eigenvalue weighted by Gasteiger charge is -2.25. The number of aliphatic carboxylic acids is 1. The van der Waals surface area contributed by atoms with E-state index in [4.69, 9.17) is 0 Å². The summed E-state index contributed by atoms with van der Waals surface area (Å²) in [6, 6.07) is 12.0. The van der Waals surface area contributed by atoms with Gasteiger partial charge in [0.05, 0.1) is 5.56 Å². The second-order valence-electron chi connectivity index (χ2n) is 9.03. The van der Waals surface area contributed by atoms with E-state index in [-0.39, 0.29) is 19.0 Å². The van der Waals surface area contributed by atoms with Gasteiger partial charge in [0.2, 0.25) is 0 Å². The molecule has 0 fully saturated rings. The molecule has 0 saturated carbocycles. The van der Waals surface area contributed by atoms with E-state index < -0.39 is 23.6 Å². The molecule has 0 heterocycles. The molecule has 0 radical (unpaired) electrons. The van der Waals surface area contributed by atoms with Crippen LogP contribution in [0.25, 0.3) is 0 Å². The van der Waals surface area contributed by atoms with Gasteiger partial charge in [-0.2, -0.15) is 13.2 Å². The highest BCUT2D eigenvalue weighted by Gasteiger charge is 2.30. The molecule has 1 amide bonds. The van der Waals surface area contributed by atoms with E-state index in [2.05, 4.69) is 18.8 Å². The van der Waals surface area contributed by atoms with E-state index in [1.165, 1.54) is 49.1 Å². The second-order valence-corrected chi connectivity index (χ2v) is 9.03. The highest BCUT2D eigenvalue weighted by molar-refractivity contribution is 6.31. The Labute approximate surface area is 211 Å². The zero-order valence-corrected chi connectivity index (χ0v) is 20.9. The van der Waals surface area contributed by atoms with Crippen LogP contribution in [0.1, 0.15) is 87.0 Å². The number of hydrogen-bond acceptors (Lipinski definition) is 2.